The summed E-state index contributed by atoms with van der Waals surface area (Å²) in [5, 5.41) is 0.144. The van der Waals surface area contributed by atoms with Gasteiger partial charge in [-0.2, -0.15) is 0 Å². The van der Waals surface area contributed by atoms with E-state index in [2.05, 4.69) is 15.9 Å². The van der Waals surface area contributed by atoms with Gasteiger partial charge in [0.15, 0.2) is 0 Å². The van der Waals surface area contributed by atoms with E-state index >= 15 is 0 Å². The molecule has 120 valence electrons. The van der Waals surface area contributed by atoms with Crippen molar-refractivity contribution in [3.63, 3.8) is 0 Å². The molecule has 1 aromatic carbocycles. The number of hydrogen-bond acceptors (Lipinski definition) is 5. The fraction of sp³-hybridized carbons (Fsp3) is 0.438. The summed E-state index contributed by atoms with van der Waals surface area (Å²) in [6.07, 6.45) is -1.26. The molecule has 0 radical (unpaired) electrons. The summed E-state index contributed by atoms with van der Waals surface area (Å²) in [4.78, 5) is 35.3. The molecule has 6 heteroatoms. The Bertz CT molecular complexity index is 513. The van der Waals surface area contributed by atoms with Crippen molar-refractivity contribution >= 4 is 33.7 Å². The molecule has 0 aliphatic heterocycles. The van der Waals surface area contributed by atoms with E-state index in [0.717, 1.165) is 0 Å². The Hall–Kier alpha value is -1.69. The summed E-state index contributed by atoms with van der Waals surface area (Å²) in [5.41, 5.74) is 0.371. The second kappa shape index (κ2) is 9.35. The van der Waals surface area contributed by atoms with Gasteiger partial charge in [0.25, 0.3) is 0 Å². The average Bonchev–Trinajstić information content (AvgIpc) is 2.46. The third-order valence-corrected chi connectivity index (χ3v) is 3.27. The Kier molecular flexibility index (Phi) is 7.80. The maximum absolute atomic E-state index is 12.0. The lowest BCUT2D eigenvalue weighted by molar-refractivity contribution is -0.149. The number of benzene rings is 1. The molecule has 0 unspecified atom stereocenters. The molecule has 0 saturated carbocycles. The molecule has 0 aliphatic rings. The van der Waals surface area contributed by atoms with Crippen LogP contribution in [0.1, 0.15) is 37.0 Å². The number of esters is 2. The van der Waals surface area contributed by atoms with E-state index in [1.807, 2.05) is 0 Å². The van der Waals surface area contributed by atoms with E-state index in [1.165, 1.54) is 0 Å². The molecule has 0 aliphatic carbocycles. The number of ketones is 1. The second-order valence-electron chi connectivity index (χ2n) is 5.01. The molecular formula is C16H19BrO5. The van der Waals surface area contributed by atoms with Gasteiger partial charge >= 0.3 is 11.9 Å². The van der Waals surface area contributed by atoms with E-state index in [1.54, 1.807) is 44.2 Å². The normalized spacial score (nSPS) is 11.8. The minimum absolute atomic E-state index is 0.0307. The molecule has 0 spiro atoms. The van der Waals surface area contributed by atoms with Crippen molar-refractivity contribution in [2.45, 2.75) is 38.9 Å². The smallest absolute Gasteiger partial charge is 0.338 e. The Balaban J connectivity index is 2.71. The number of ether oxygens (including phenoxy) is 2. The lowest BCUT2D eigenvalue weighted by atomic mass is 10.1. The van der Waals surface area contributed by atoms with E-state index in [-0.39, 0.29) is 30.1 Å². The predicted molar refractivity (Wildman–Crippen MR) is 84.9 cm³/mol. The van der Waals surface area contributed by atoms with Crippen molar-refractivity contribution in [1.29, 1.82) is 0 Å². The van der Waals surface area contributed by atoms with Crippen molar-refractivity contribution in [1.82, 2.24) is 0 Å². The van der Waals surface area contributed by atoms with Crippen LogP contribution in [0, 0.1) is 0 Å². The zero-order valence-corrected chi connectivity index (χ0v) is 14.2. The Morgan fingerprint density at radius 2 is 1.68 bits per heavy atom. The lowest BCUT2D eigenvalue weighted by Gasteiger charge is -2.17. The summed E-state index contributed by atoms with van der Waals surface area (Å²) in [6.45, 7) is 3.46. The minimum Gasteiger partial charge on any atom is -0.463 e. The SMILES string of the molecule is CC(C)OC(=O)C[C@@H](CC(=O)CBr)OC(=O)c1ccccc1. The third kappa shape index (κ3) is 6.85. The fourth-order valence-corrected chi connectivity index (χ4v) is 1.98. The van der Waals surface area contributed by atoms with Crippen molar-refractivity contribution < 1.29 is 23.9 Å². The van der Waals surface area contributed by atoms with Crippen LogP contribution in [0.25, 0.3) is 0 Å². The summed E-state index contributed by atoms with van der Waals surface area (Å²) in [6, 6.07) is 8.42. The molecule has 1 rings (SSSR count). The van der Waals surface area contributed by atoms with Gasteiger partial charge in [0.2, 0.25) is 0 Å². The van der Waals surface area contributed by atoms with Gasteiger partial charge in [0, 0.05) is 6.42 Å². The van der Waals surface area contributed by atoms with Crippen LogP contribution in [0.2, 0.25) is 0 Å². The number of halogens is 1. The van der Waals surface area contributed by atoms with Crippen molar-refractivity contribution in [3.8, 4) is 0 Å². The van der Waals surface area contributed by atoms with Crippen LogP contribution in [0.5, 0.6) is 0 Å². The van der Waals surface area contributed by atoms with Crippen LogP contribution >= 0.6 is 15.9 Å². The monoisotopic (exact) mass is 370 g/mol. The molecule has 0 bridgehead atoms. The fourth-order valence-electron chi connectivity index (χ4n) is 1.75. The van der Waals surface area contributed by atoms with E-state index in [4.69, 9.17) is 9.47 Å². The van der Waals surface area contributed by atoms with Crippen LogP contribution in [0.15, 0.2) is 30.3 Å². The van der Waals surface area contributed by atoms with E-state index in [0.29, 0.717) is 5.56 Å². The molecule has 1 aromatic rings. The van der Waals surface area contributed by atoms with Gasteiger partial charge in [0.05, 0.1) is 23.4 Å². The first-order valence-corrected chi connectivity index (χ1v) is 8.07. The average molecular weight is 371 g/mol. The molecule has 0 N–H and O–H groups in total. The largest absolute Gasteiger partial charge is 0.463 e. The maximum Gasteiger partial charge on any atom is 0.338 e. The molecule has 22 heavy (non-hydrogen) atoms. The quantitative estimate of drug-likeness (QED) is 0.519. The van der Waals surface area contributed by atoms with Crippen molar-refractivity contribution in [2.75, 3.05) is 5.33 Å². The highest BCUT2D eigenvalue weighted by molar-refractivity contribution is 9.09. The topological polar surface area (TPSA) is 69.7 Å². The van der Waals surface area contributed by atoms with Crippen molar-refractivity contribution in [2.24, 2.45) is 0 Å². The first kappa shape index (κ1) is 18.4. The van der Waals surface area contributed by atoms with Crippen LogP contribution in [0.3, 0.4) is 0 Å². The predicted octanol–water partition coefficient (Wildman–Crippen LogP) is 2.91. The van der Waals surface area contributed by atoms with E-state index in [9.17, 15) is 14.4 Å². The van der Waals surface area contributed by atoms with Crippen LogP contribution in [-0.4, -0.2) is 35.3 Å². The highest BCUT2D eigenvalue weighted by atomic mass is 79.9. The summed E-state index contributed by atoms with van der Waals surface area (Å²) >= 11 is 3.05. The Morgan fingerprint density at radius 3 is 2.23 bits per heavy atom. The Labute approximate surface area is 138 Å². The van der Waals surface area contributed by atoms with Crippen LogP contribution in [0.4, 0.5) is 0 Å². The number of rotatable bonds is 8. The molecule has 1 atom stereocenters. The van der Waals surface area contributed by atoms with Gasteiger partial charge in [0.1, 0.15) is 11.9 Å². The maximum atomic E-state index is 12.0. The molecule has 0 saturated heterocycles. The number of alkyl halides is 1. The highest BCUT2D eigenvalue weighted by Gasteiger charge is 2.23. The van der Waals surface area contributed by atoms with E-state index < -0.39 is 18.0 Å². The summed E-state index contributed by atoms with van der Waals surface area (Å²) in [7, 11) is 0. The number of Topliss-reactive ketones (excluding diaryl/α,β-unsaturated/α-hetero) is 1. The molecule has 0 amide bonds. The first-order chi connectivity index (χ1) is 10.4. The lowest BCUT2D eigenvalue weighted by Crippen LogP contribution is -2.27. The summed E-state index contributed by atoms with van der Waals surface area (Å²) < 4.78 is 10.3. The summed E-state index contributed by atoms with van der Waals surface area (Å²) in [5.74, 6) is -1.21. The molecular weight excluding hydrogens is 352 g/mol. The molecule has 0 aromatic heterocycles. The molecule has 0 heterocycles. The first-order valence-electron chi connectivity index (χ1n) is 6.95. The van der Waals surface area contributed by atoms with Crippen LogP contribution < -0.4 is 0 Å². The number of carbonyl (C=O) groups is 3. The van der Waals surface area contributed by atoms with Gasteiger partial charge in [-0.05, 0) is 26.0 Å². The van der Waals surface area contributed by atoms with Crippen molar-refractivity contribution in [3.05, 3.63) is 35.9 Å². The number of hydrogen-bond donors (Lipinski definition) is 0. The zero-order chi connectivity index (χ0) is 16.5. The van der Waals surface area contributed by atoms with Gasteiger partial charge in [-0.3, -0.25) is 9.59 Å². The second-order valence-corrected chi connectivity index (χ2v) is 5.57. The third-order valence-electron chi connectivity index (χ3n) is 2.65. The Morgan fingerprint density at radius 1 is 1.05 bits per heavy atom. The van der Waals surface area contributed by atoms with Gasteiger partial charge in [-0.1, -0.05) is 34.1 Å². The van der Waals surface area contributed by atoms with Crippen LogP contribution in [-0.2, 0) is 19.1 Å². The van der Waals surface area contributed by atoms with Gasteiger partial charge in [-0.25, -0.2) is 4.79 Å². The highest BCUT2D eigenvalue weighted by Crippen LogP contribution is 2.12. The molecule has 5 nitrogen and oxygen atoms in total. The molecule has 0 fully saturated rings. The van der Waals surface area contributed by atoms with Gasteiger partial charge in [-0.15, -0.1) is 0 Å². The minimum atomic E-state index is -0.830. The standard InChI is InChI=1S/C16H19BrO5/c1-11(2)21-15(19)9-14(8-13(18)10-17)22-16(20)12-6-4-3-5-7-12/h3-7,11,14H,8-10H2,1-2H3/t14-/m1/s1. The van der Waals surface area contributed by atoms with Gasteiger partial charge < -0.3 is 9.47 Å². The zero-order valence-electron chi connectivity index (χ0n) is 12.6. The number of carbonyl (C=O) groups excluding carboxylic acids is 3.